The number of piperidine rings is 1. The highest BCUT2D eigenvalue weighted by Crippen LogP contribution is 2.20. The van der Waals surface area contributed by atoms with Gasteiger partial charge in [0.15, 0.2) is 0 Å². The maximum atomic E-state index is 11.9. The molecule has 0 bridgehead atoms. The molecule has 0 atom stereocenters. The normalized spacial score (nSPS) is 19.4. The molecule has 1 fully saturated rings. The lowest BCUT2D eigenvalue weighted by Gasteiger charge is -2.30. The van der Waals surface area contributed by atoms with Crippen LogP contribution in [0.4, 0.5) is 0 Å². The largest absolute Gasteiger partial charge is 0.393 e. The second-order valence-electron chi connectivity index (χ2n) is 4.24. The van der Waals surface area contributed by atoms with E-state index in [1.165, 1.54) is 4.31 Å². The van der Waals surface area contributed by atoms with Crippen molar-refractivity contribution < 1.29 is 13.2 Å². The molecule has 100 valence electrons. The Hall–Kier alpha value is -0.240. The summed E-state index contributed by atoms with van der Waals surface area (Å²) in [5, 5.41) is 0. The maximum absolute atomic E-state index is 11.9. The smallest absolute Gasteiger partial charge is 0.214 e. The SMILES string of the molecule is COCCCS(=O)(=O)N1CCC(C(N)=S)CC1. The molecule has 1 aliphatic heterocycles. The van der Waals surface area contributed by atoms with Gasteiger partial charge in [0, 0.05) is 32.7 Å². The Balaban J connectivity index is 2.44. The molecule has 0 spiro atoms. The number of thiocarbonyl (C=S) groups is 1. The van der Waals surface area contributed by atoms with E-state index in [1.807, 2.05) is 0 Å². The third-order valence-electron chi connectivity index (χ3n) is 3.00. The van der Waals surface area contributed by atoms with Crippen molar-refractivity contribution in [3.63, 3.8) is 0 Å². The lowest BCUT2D eigenvalue weighted by Crippen LogP contribution is -2.42. The highest BCUT2D eigenvalue weighted by Gasteiger charge is 2.28. The van der Waals surface area contributed by atoms with Crippen LogP contribution in [0.15, 0.2) is 0 Å². The standard InChI is InChI=1S/C10H20N2O3S2/c1-15-7-2-8-17(13,14)12-5-3-9(4-6-12)10(11)16/h9H,2-8H2,1H3,(H2,11,16). The molecule has 1 rings (SSSR count). The monoisotopic (exact) mass is 280 g/mol. The van der Waals surface area contributed by atoms with E-state index in [4.69, 9.17) is 22.7 Å². The van der Waals surface area contributed by atoms with Crippen molar-refractivity contribution in [1.82, 2.24) is 4.31 Å². The summed E-state index contributed by atoms with van der Waals surface area (Å²) in [6.45, 7) is 1.53. The minimum absolute atomic E-state index is 0.151. The number of methoxy groups -OCH3 is 1. The molecule has 0 saturated carbocycles. The molecule has 2 N–H and O–H groups in total. The third-order valence-corrected chi connectivity index (χ3v) is 5.29. The highest BCUT2D eigenvalue weighted by molar-refractivity contribution is 7.89. The van der Waals surface area contributed by atoms with E-state index in [-0.39, 0.29) is 11.7 Å². The first-order valence-electron chi connectivity index (χ1n) is 5.73. The molecule has 17 heavy (non-hydrogen) atoms. The van der Waals surface area contributed by atoms with E-state index in [0.717, 1.165) is 12.8 Å². The van der Waals surface area contributed by atoms with Crippen molar-refractivity contribution in [3.8, 4) is 0 Å². The first kappa shape index (κ1) is 14.8. The van der Waals surface area contributed by atoms with E-state index in [9.17, 15) is 8.42 Å². The molecule has 0 radical (unpaired) electrons. The van der Waals surface area contributed by atoms with Gasteiger partial charge < -0.3 is 10.5 Å². The number of nitrogens with zero attached hydrogens (tertiary/aromatic N) is 1. The van der Waals surface area contributed by atoms with E-state index in [1.54, 1.807) is 7.11 Å². The molecule has 0 aromatic heterocycles. The summed E-state index contributed by atoms with van der Waals surface area (Å²) in [6.07, 6.45) is 2.01. The summed E-state index contributed by atoms with van der Waals surface area (Å²) in [4.78, 5) is 0.501. The van der Waals surface area contributed by atoms with Crippen LogP contribution in [0.1, 0.15) is 19.3 Å². The zero-order valence-corrected chi connectivity index (χ0v) is 11.7. The predicted molar refractivity (Wildman–Crippen MR) is 71.4 cm³/mol. The molecule has 7 heteroatoms. The lowest BCUT2D eigenvalue weighted by molar-refractivity contribution is 0.199. The molecule has 0 aromatic rings. The van der Waals surface area contributed by atoms with Crippen LogP contribution in [0, 0.1) is 5.92 Å². The Bertz CT molecular complexity index is 349. The maximum Gasteiger partial charge on any atom is 0.214 e. The zero-order valence-electron chi connectivity index (χ0n) is 10.1. The van der Waals surface area contributed by atoms with Gasteiger partial charge in [-0.25, -0.2) is 12.7 Å². The number of rotatable bonds is 6. The minimum Gasteiger partial charge on any atom is -0.393 e. The quantitative estimate of drug-likeness (QED) is 0.561. The van der Waals surface area contributed by atoms with Crippen LogP contribution < -0.4 is 5.73 Å². The Morgan fingerprint density at radius 2 is 2.06 bits per heavy atom. The van der Waals surface area contributed by atoms with Gasteiger partial charge in [0.1, 0.15) is 0 Å². The molecule has 1 saturated heterocycles. The molecule has 5 nitrogen and oxygen atoms in total. The number of ether oxygens (including phenoxy) is 1. The Morgan fingerprint density at radius 1 is 1.47 bits per heavy atom. The molecule has 1 aliphatic rings. The van der Waals surface area contributed by atoms with Crippen LogP contribution in [0.25, 0.3) is 0 Å². The molecule has 0 aromatic carbocycles. The minimum atomic E-state index is -3.14. The van der Waals surface area contributed by atoms with Gasteiger partial charge in [0.25, 0.3) is 0 Å². The topological polar surface area (TPSA) is 72.6 Å². The van der Waals surface area contributed by atoms with Crippen molar-refractivity contribution in [1.29, 1.82) is 0 Å². The van der Waals surface area contributed by atoms with E-state index in [2.05, 4.69) is 0 Å². The van der Waals surface area contributed by atoms with E-state index in [0.29, 0.717) is 31.1 Å². The zero-order chi connectivity index (χ0) is 12.9. The second kappa shape index (κ2) is 6.63. The first-order valence-corrected chi connectivity index (χ1v) is 7.75. The Kier molecular flexibility index (Phi) is 5.78. The predicted octanol–water partition coefficient (Wildman–Crippen LogP) is 0.351. The summed E-state index contributed by atoms with van der Waals surface area (Å²) in [6, 6.07) is 0. The number of hydrogen-bond donors (Lipinski definition) is 1. The van der Waals surface area contributed by atoms with Crippen LogP contribution in [0.3, 0.4) is 0 Å². The van der Waals surface area contributed by atoms with E-state index < -0.39 is 10.0 Å². The van der Waals surface area contributed by atoms with Gasteiger partial charge in [-0.2, -0.15) is 0 Å². The van der Waals surface area contributed by atoms with Crippen LogP contribution >= 0.6 is 12.2 Å². The Labute approximate surface area is 108 Å². The summed E-state index contributed by atoms with van der Waals surface area (Å²) in [7, 11) is -1.57. The van der Waals surface area contributed by atoms with Crippen molar-refractivity contribution in [2.45, 2.75) is 19.3 Å². The summed E-state index contributed by atoms with van der Waals surface area (Å²) >= 11 is 4.93. The fourth-order valence-corrected chi connectivity index (χ4v) is 3.68. The third kappa shape index (κ3) is 4.50. The van der Waals surface area contributed by atoms with E-state index >= 15 is 0 Å². The first-order chi connectivity index (χ1) is 7.97. The molecule has 0 amide bonds. The van der Waals surface area contributed by atoms with Gasteiger partial charge in [-0.15, -0.1) is 0 Å². The summed E-state index contributed by atoms with van der Waals surface area (Å²) in [5.74, 6) is 0.342. The van der Waals surface area contributed by atoms with Crippen molar-refractivity contribution in [2.24, 2.45) is 11.7 Å². The fourth-order valence-electron chi connectivity index (χ4n) is 1.93. The van der Waals surface area contributed by atoms with Gasteiger partial charge in [-0.3, -0.25) is 0 Å². The lowest BCUT2D eigenvalue weighted by atomic mass is 9.98. The van der Waals surface area contributed by atoms with Crippen molar-refractivity contribution in [3.05, 3.63) is 0 Å². The average Bonchev–Trinajstić information content (AvgIpc) is 2.29. The summed E-state index contributed by atoms with van der Waals surface area (Å²) in [5.41, 5.74) is 5.57. The highest BCUT2D eigenvalue weighted by atomic mass is 32.2. The van der Waals surface area contributed by atoms with Crippen molar-refractivity contribution in [2.75, 3.05) is 32.6 Å². The van der Waals surface area contributed by atoms with Crippen LogP contribution in [-0.2, 0) is 14.8 Å². The number of nitrogens with two attached hydrogens (primary N) is 1. The fraction of sp³-hybridized carbons (Fsp3) is 0.900. The molecular formula is C10H20N2O3S2. The molecule has 0 unspecified atom stereocenters. The number of sulfonamides is 1. The van der Waals surface area contributed by atoms with Crippen LogP contribution in [0.2, 0.25) is 0 Å². The van der Waals surface area contributed by atoms with Gasteiger partial charge in [0.05, 0.1) is 10.7 Å². The Morgan fingerprint density at radius 3 is 2.53 bits per heavy atom. The molecule has 1 heterocycles. The van der Waals surface area contributed by atoms with Gasteiger partial charge in [-0.05, 0) is 19.3 Å². The van der Waals surface area contributed by atoms with Crippen molar-refractivity contribution >= 4 is 27.2 Å². The second-order valence-corrected chi connectivity index (χ2v) is 6.80. The van der Waals surface area contributed by atoms with Crippen LogP contribution in [-0.4, -0.2) is 50.3 Å². The average molecular weight is 280 g/mol. The van der Waals surface area contributed by atoms with Gasteiger partial charge in [-0.1, -0.05) is 12.2 Å². The van der Waals surface area contributed by atoms with Gasteiger partial charge in [0.2, 0.25) is 10.0 Å². The summed E-state index contributed by atoms with van der Waals surface area (Å²) < 4.78 is 30.3. The number of hydrogen-bond acceptors (Lipinski definition) is 4. The van der Waals surface area contributed by atoms with Gasteiger partial charge >= 0.3 is 0 Å². The molecule has 0 aliphatic carbocycles. The molecular weight excluding hydrogens is 260 g/mol. The van der Waals surface area contributed by atoms with Crippen LogP contribution in [0.5, 0.6) is 0 Å².